The highest BCUT2D eigenvalue weighted by Crippen LogP contribution is 1.97. The van der Waals surface area contributed by atoms with Crippen LogP contribution in [0, 0.1) is 0 Å². The van der Waals surface area contributed by atoms with E-state index in [0.29, 0.717) is 6.54 Å². The average Bonchev–Trinajstić information content (AvgIpc) is 2.28. The summed E-state index contributed by atoms with van der Waals surface area (Å²) in [5.74, 6) is -0.247. The molecule has 5 heteroatoms. The minimum atomic E-state index is -0.247. The van der Waals surface area contributed by atoms with Gasteiger partial charge in [0.2, 0.25) is 5.91 Å². The van der Waals surface area contributed by atoms with Gasteiger partial charge in [0.15, 0.2) is 0 Å². The molecule has 0 aliphatic carbocycles. The zero-order valence-corrected chi connectivity index (χ0v) is 8.26. The molecule has 0 saturated heterocycles. The van der Waals surface area contributed by atoms with Crippen molar-refractivity contribution in [3.8, 4) is 0 Å². The van der Waals surface area contributed by atoms with Crippen molar-refractivity contribution in [2.24, 2.45) is 5.11 Å². The highest BCUT2D eigenvalue weighted by molar-refractivity contribution is 5.78. The average molecular weight is 204 g/mol. The van der Waals surface area contributed by atoms with Crippen molar-refractivity contribution >= 4 is 5.91 Å². The molecule has 0 radical (unpaired) electrons. The molecule has 0 aromatic heterocycles. The topological polar surface area (TPSA) is 77.9 Å². The van der Waals surface area contributed by atoms with Gasteiger partial charge in [0.1, 0.15) is 6.54 Å². The molecule has 0 fully saturated rings. The van der Waals surface area contributed by atoms with Gasteiger partial charge in [-0.3, -0.25) is 4.79 Å². The van der Waals surface area contributed by atoms with Gasteiger partial charge in [-0.1, -0.05) is 35.4 Å². The largest absolute Gasteiger partial charge is 0.356 e. The Morgan fingerprint density at radius 2 is 2.13 bits per heavy atom. The molecule has 1 N–H and O–H groups in total. The number of amides is 1. The number of benzene rings is 1. The van der Waals surface area contributed by atoms with Crippen LogP contribution in [0.5, 0.6) is 0 Å². The Morgan fingerprint density at radius 3 is 2.80 bits per heavy atom. The Labute approximate surface area is 87.7 Å². The zero-order valence-electron chi connectivity index (χ0n) is 8.26. The van der Waals surface area contributed by atoms with Crippen molar-refractivity contribution in [2.45, 2.75) is 6.42 Å². The number of carbonyl (C=O) groups excluding carboxylic acids is 1. The van der Waals surface area contributed by atoms with Crippen LogP contribution in [0.3, 0.4) is 0 Å². The third-order valence-corrected chi connectivity index (χ3v) is 1.86. The summed E-state index contributed by atoms with van der Waals surface area (Å²) in [4.78, 5) is 13.5. The second kappa shape index (κ2) is 6.45. The summed E-state index contributed by atoms with van der Waals surface area (Å²) in [5.41, 5.74) is 9.17. The number of hydrogen-bond donors (Lipinski definition) is 1. The first-order valence-electron chi connectivity index (χ1n) is 4.64. The maximum atomic E-state index is 11.0. The minimum Gasteiger partial charge on any atom is -0.356 e. The number of nitrogens with zero attached hydrogens (tertiary/aromatic N) is 3. The van der Waals surface area contributed by atoms with E-state index in [1.165, 1.54) is 5.56 Å². The predicted molar refractivity (Wildman–Crippen MR) is 57.2 cm³/mol. The lowest BCUT2D eigenvalue weighted by molar-refractivity contribution is -0.119. The Balaban J connectivity index is 2.22. The second-order valence-electron chi connectivity index (χ2n) is 2.97. The number of nitrogens with one attached hydrogen (secondary N) is 1. The molecule has 0 saturated carbocycles. The molecule has 1 rings (SSSR count). The van der Waals surface area contributed by atoms with Crippen LogP contribution in [0.1, 0.15) is 5.56 Å². The van der Waals surface area contributed by atoms with Gasteiger partial charge in [0, 0.05) is 11.5 Å². The first kappa shape index (κ1) is 11.1. The third-order valence-electron chi connectivity index (χ3n) is 1.86. The van der Waals surface area contributed by atoms with Crippen molar-refractivity contribution in [1.29, 1.82) is 0 Å². The van der Waals surface area contributed by atoms with Gasteiger partial charge in [-0.15, -0.1) is 0 Å². The third kappa shape index (κ3) is 4.69. The summed E-state index contributed by atoms with van der Waals surface area (Å²) >= 11 is 0. The molecule has 5 nitrogen and oxygen atoms in total. The van der Waals surface area contributed by atoms with Crippen molar-refractivity contribution in [3.63, 3.8) is 0 Å². The van der Waals surface area contributed by atoms with E-state index in [2.05, 4.69) is 15.3 Å². The SMILES string of the molecule is [N-]=[N+]=NCC(=O)NCCc1ccccc1. The molecule has 0 heterocycles. The number of rotatable bonds is 5. The van der Waals surface area contributed by atoms with Crippen LogP contribution >= 0.6 is 0 Å². The maximum Gasteiger partial charge on any atom is 0.225 e. The van der Waals surface area contributed by atoms with Crippen molar-refractivity contribution in [2.75, 3.05) is 13.1 Å². The molecule has 1 aromatic carbocycles. The fourth-order valence-electron chi connectivity index (χ4n) is 1.14. The van der Waals surface area contributed by atoms with Gasteiger partial charge in [-0.25, -0.2) is 0 Å². The Kier molecular flexibility index (Phi) is 4.77. The molecule has 1 amide bonds. The lowest BCUT2D eigenvalue weighted by Gasteiger charge is -2.02. The molecule has 1 aromatic rings. The monoisotopic (exact) mass is 204 g/mol. The highest BCUT2D eigenvalue weighted by atomic mass is 16.1. The second-order valence-corrected chi connectivity index (χ2v) is 2.97. The fraction of sp³-hybridized carbons (Fsp3) is 0.300. The Bertz CT molecular complexity index is 357. The van der Waals surface area contributed by atoms with Crippen LogP contribution in [0.15, 0.2) is 35.4 Å². The molecule has 78 valence electrons. The van der Waals surface area contributed by atoms with Crippen molar-refractivity contribution in [3.05, 3.63) is 46.3 Å². The summed E-state index contributed by atoms with van der Waals surface area (Å²) < 4.78 is 0. The highest BCUT2D eigenvalue weighted by Gasteiger charge is 1.97. The van der Waals surface area contributed by atoms with Gasteiger partial charge in [0.25, 0.3) is 0 Å². The van der Waals surface area contributed by atoms with E-state index >= 15 is 0 Å². The molecule has 0 aliphatic heterocycles. The van der Waals surface area contributed by atoms with Crippen LogP contribution in [0.2, 0.25) is 0 Å². The van der Waals surface area contributed by atoms with Crippen LogP contribution in [-0.4, -0.2) is 19.0 Å². The van der Waals surface area contributed by atoms with E-state index in [1.807, 2.05) is 30.3 Å². The molecule has 15 heavy (non-hydrogen) atoms. The summed E-state index contributed by atoms with van der Waals surface area (Å²) in [6.07, 6.45) is 0.781. The smallest absolute Gasteiger partial charge is 0.225 e. The van der Waals surface area contributed by atoms with E-state index < -0.39 is 0 Å². The van der Waals surface area contributed by atoms with E-state index in [1.54, 1.807) is 0 Å². The van der Waals surface area contributed by atoms with Gasteiger partial charge >= 0.3 is 0 Å². The van der Waals surface area contributed by atoms with Crippen LogP contribution in [0.25, 0.3) is 10.4 Å². The van der Waals surface area contributed by atoms with Gasteiger partial charge in [-0.2, -0.15) is 0 Å². The number of azide groups is 1. The zero-order chi connectivity index (χ0) is 10.9. The molecule has 0 unspecified atom stereocenters. The van der Waals surface area contributed by atoms with Gasteiger partial charge in [0.05, 0.1) is 0 Å². The fourth-order valence-corrected chi connectivity index (χ4v) is 1.14. The maximum absolute atomic E-state index is 11.0. The summed E-state index contributed by atoms with van der Waals surface area (Å²) in [5, 5.41) is 5.83. The first-order chi connectivity index (χ1) is 7.33. The van der Waals surface area contributed by atoms with Crippen molar-refractivity contribution in [1.82, 2.24) is 5.32 Å². The summed E-state index contributed by atoms with van der Waals surface area (Å²) in [6.45, 7) is 0.426. The quantitative estimate of drug-likeness (QED) is 0.442. The lowest BCUT2D eigenvalue weighted by Crippen LogP contribution is -2.27. The normalized spacial score (nSPS) is 9.07. The number of carbonyl (C=O) groups is 1. The Hall–Kier alpha value is -2.00. The standard InChI is InChI=1S/C10H12N4O/c11-14-13-8-10(15)12-7-6-9-4-2-1-3-5-9/h1-5H,6-8H2,(H,12,15). The lowest BCUT2D eigenvalue weighted by atomic mass is 10.1. The summed E-state index contributed by atoms with van der Waals surface area (Å²) in [7, 11) is 0. The van der Waals surface area contributed by atoms with Crippen molar-refractivity contribution < 1.29 is 4.79 Å². The first-order valence-corrected chi connectivity index (χ1v) is 4.64. The summed E-state index contributed by atoms with van der Waals surface area (Å²) in [6, 6.07) is 9.86. The van der Waals surface area contributed by atoms with Gasteiger partial charge in [-0.05, 0) is 17.5 Å². The molecule has 0 aliphatic rings. The molecular weight excluding hydrogens is 192 g/mol. The predicted octanol–water partition coefficient (Wildman–Crippen LogP) is 1.66. The van der Waals surface area contributed by atoms with E-state index in [0.717, 1.165) is 6.42 Å². The molecule has 0 bridgehead atoms. The minimum absolute atomic E-state index is 0.134. The molecule has 0 spiro atoms. The molecule has 0 atom stereocenters. The van der Waals surface area contributed by atoms with E-state index in [4.69, 9.17) is 5.53 Å². The molecular formula is C10H12N4O. The van der Waals surface area contributed by atoms with E-state index in [9.17, 15) is 4.79 Å². The number of hydrogen-bond acceptors (Lipinski definition) is 2. The van der Waals surface area contributed by atoms with Crippen LogP contribution < -0.4 is 5.32 Å². The van der Waals surface area contributed by atoms with Crippen LogP contribution in [-0.2, 0) is 11.2 Å². The van der Waals surface area contributed by atoms with Gasteiger partial charge < -0.3 is 5.32 Å². The Morgan fingerprint density at radius 1 is 1.40 bits per heavy atom. The van der Waals surface area contributed by atoms with Crippen LogP contribution in [0.4, 0.5) is 0 Å². The van der Waals surface area contributed by atoms with E-state index in [-0.39, 0.29) is 12.5 Å².